The summed E-state index contributed by atoms with van der Waals surface area (Å²) in [5.41, 5.74) is 6.05. The molecule has 1 aliphatic heterocycles. The van der Waals surface area contributed by atoms with E-state index in [1.807, 2.05) is 41.9 Å². The first-order chi connectivity index (χ1) is 18.4. The van der Waals surface area contributed by atoms with Crippen LogP contribution in [0.3, 0.4) is 0 Å². The van der Waals surface area contributed by atoms with Crippen molar-refractivity contribution < 1.29 is 9.90 Å². The van der Waals surface area contributed by atoms with E-state index in [1.165, 1.54) is 11.2 Å². The molecule has 1 aliphatic rings. The molecule has 6 rings (SSSR count). The van der Waals surface area contributed by atoms with E-state index in [1.54, 1.807) is 11.3 Å². The highest BCUT2D eigenvalue weighted by Crippen LogP contribution is 2.38. The van der Waals surface area contributed by atoms with Crippen molar-refractivity contribution in [2.75, 3.05) is 26.2 Å². The van der Waals surface area contributed by atoms with Crippen LogP contribution in [0.2, 0.25) is 5.02 Å². The Morgan fingerprint density at radius 3 is 2.63 bits per heavy atom. The Morgan fingerprint density at radius 2 is 1.92 bits per heavy atom. The summed E-state index contributed by atoms with van der Waals surface area (Å²) >= 11 is 7.67. The number of pyridine rings is 1. The number of hydrogen-bond acceptors (Lipinski definition) is 7. The molecule has 4 aromatic heterocycles. The van der Waals surface area contributed by atoms with Crippen molar-refractivity contribution in [3.8, 4) is 21.3 Å². The first kappa shape index (κ1) is 24.5. The summed E-state index contributed by atoms with van der Waals surface area (Å²) < 4.78 is 1.89. The zero-order chi connectivity index (χ0) is 26.2. The van der Waals surface area contributed by atoms with E-state index in [0.29, 0.717) is 43.4 Å². The molecule has 12 heteroatoms. The number of H-pyrrole nitrogens is 1. The van der Waals surface area contributed by atoms with Gasteiger partial charge in [-0.1, -0.05) is 23.7 Å². The summed E-state index contributed by atoms with van der Waals surface area (Å²) in [6.07, 6.45) is 3.27. The van der Waals surface area contributed by atoms with Gasteiger partial charge in [-0.15, -0.1) is 11.3 Å². The van der Waals surface area contributed by atoms with Gasteiger partial charge < -0.3 is 10.0 Å². The number of nitrogens with zero attached hydrogens (tertiary/aromatic N) is 7. The van der Waals surface area contributed by atoms with E-state index in [0.717, 1.165) is 50.0 Å². The second-order valence-corrected chi connectivity index (χ2v) is 10.7. The second-order valence-electron chi connectivity index (χ2n) is 9.30. The maximum Gasteiger partial charge on any atom is 0.407 e. The molecule has 5 heterocycles. The Morgan fingerprint density at radius 1 is 1.13 bits per heavy atom. The number of carbonyl (C=O) groups is 1. The number of thiazole rings is 1. The molecule has 1 aromatic carbocycles. The van der Waals surface area contributed by atoms with Crippen LogP contribution in [0.5, 0.6) is 0 Å². The Bertz CT molecular complexity index is 1590. The standard InChI is InChI=1S/C26H25ClN8O2S/c1-16-22(21-13-18(6-7-35(21)32-16)14-33-8-10-34(11-9-33)26(36)37)25-30-20(12-17-2-4-19(27)5-3-17)23(38-25)24-28-15-29-31-24/h2-7,13,15H,8-12,14H2,1H3,(H,36,37)(H,28,29,31). The molecule has 5 aromatic rings. The number of halogens is 1. The zero-order valence-corrected chi connectivity index (χ0v) is 22.2. The predicted molar refractivity (Wildman–Crippen MR) is 146 cm³/mol. The molecule has 0 bridgehead atoms. The minimum Gasteiger partial charge on any atom is -0.465 e. The number of nitrogens with one attached hydrogen (secondary N) is 1. The van der Waals surface area contributed by atoms with Gasteiger partial charge in [-0.3, -0.25) is 10.00 Å². The van der Waals surface area contributed by atoms with Gasteiger partial charge >= 0.3 is 6.09 Å². The van der Waals surface area contributed by atoms with Crippen LogP contribution in [0, 0.1) is 6.92 Å². The summed E-state index contributed by atoms with van der Waals surface area (Å²) in [4.78, 5) is 25.4. The zero-order valence-electron chi connectivity index (χ0n) is 20.6. The summed E-state index contributed by atoms with van der Waals surface area (Å²) in [5.74, 6) is 0.688. The molecule has 1 fully saturated rings. The van der Waals surface area contributed by atoms with E-state index in [9.17, 15) is 9.90 Å². The van der Waals surface area contributed by atoms with Crippen molar-refractivity contribution in [2.45, 2.75) is 19.9 Å². The van der Waals surface area contributed by atoms with Gasteiger partial charge in [0.2, 0.25) is 0 Å². The fourth-order valence-corrected chi connectivity index (χ4v) is 6.06. The predicted octanol–water partition coefficient (Wildman–Crippen LogP) is 4.59. The fourth-order valence-electron chi connectivity index (χ4n) is 4.80. The topological polar surface area (TPSA) is 116 Å². The van der Waals surface area contributed by atoms with E-state index in [4.69, 9.17) is 21.7 Å². The third-order valence-corrected chi connectivity index (χ3v) is 8.12. The van der Waals surface area contributed by atoms with Crippen LogP contribution in [0.15, 0.2) is 48.9 Å². The fraction of sp³-hybridized carbons (Fsp3) is 0.269. The number of aromatic amines is 1. The molecule has 38 heavy (non-hydrogen) atoms. The number of piperazine rings is 1. The summed E-state index contributed by atoms with van der Waals surface area (Å²) in [5, 5.41) is 22.6. The maximum absolute atomic E-state index is 11.2. The highest BCUT2D eigenvalue weighted by Gasteiger charge is 2.23. The molecule has 0 spiro atoms. The van der Waals surface area contributed by atoms with Crippen LogP contribution in [0.25, 0.3) is 26.8 Å². The monoisotopic (exact) mass is 548 g/mol. The van der Waals surface area contributed by atoms with E-state index >= 15 is 0 Å². The number of rotatable bonds is 6. The van der Waals surface area contributed by atoms with Crippen molar-refractivity contribution in [1.82, 2.24) is 39.6 Å². The average Bonchev–Trinajstić information content (AvgIpc) is 3.64. The quantitative estimate of drug-likeness (QED) is 0.319. The lowest BCUT2D eigenvalue weighted by Gasteiger charge is -2.33. The van der Waals surface area contributed by atoms with Gasteiger partial charge in [-0.2, -0.15) is 10.2 Å². The third kappa shape index (κ3) is 4.87. The number of aryl methyl sites for hydroxylation is 1. The molecule has 0 saturated carbocycles. The number of benzene rings is 1. The molecule has 194 valence electrons. The van der Waals surface area contributed by atoms with Crippen LogP contribution in [0.1, 0.15) is 22.5 Å². The van der Waals surface area contributed by atoms with E-state index in [-0.39, 0.29) is 0 Å². The van der Waals surface area contributed by atoms with Gasteiger partial charge in [0.15, 0.2) is 5.82 Å². The minimum atomic E-state index is -0.853. The lowest BCUT2D eigenvalue weighted by Crippen LogP contribution is -2.47. The van der Waals surface area contributed by atoms with Gasteiger partial charge in [-0.25, -0.2) is 19.3 Å². The molecule has 0 aliphatic carbocycles. The highest BCUT2D eigenvalue weighted by molar-refractivity contribution is 7.18. The Labute approximate surface area is 227 Å². The summed E-state index contributed by atoms with van der Waals surface area (Å²) in [7, 11) is 0. The van der Waals surface area contributed by atoms with Gasteiger partial charge in [0.25, 0.3) is 0 Å². The van der Waals surface area contributed by atoms with Crippen LogP contribution in [0.4, 0.5) is 4.79 Å². The van der Waals surface area contributed by atoms with Crippen molar-refractivity contribution in [3.63, 3.8) is 0 Å². The van der Waals surface area contributed by atoms with Crippen molar-refractivity contribution >= 4 is 34.5 Å². The number of hydrogen-bond donors (Lipinski definition) is 2. The first-order valence-corrected chi connectivity index (χ1v) is 13.4. The average molecular weight is 549 g/mol. The third-order valence-electron chi connectivity index (χ3n) is 6.75. The molecule has 1 amide bonds. The number of aromatic nitrogens is 6. The van der Waals surface area contributed by atoms with Crippen LogP contribution in [-0.2, 0) is 13.0 Å². The normalized spacial score (nSPS) is 14.4. The molecule has 1 saturated heterocycles. The number of fused-ring (bicyclic) bond motifs is 1. The SMILES string of the molecule is Cc1nn2ccc(CN3CCN(C(=O)O)CC3)cc2c1-c1nc(Cc2ccc(Cl)cc2)c(-c2ncn[nH]2)s1. The van der Waals surface area contributed by atoms with Crippen molar-refractivity contribution in [1.29, 1.82) is 0 Å². The van der Waals surface area contributed by atoms with E-state index in [2.05, 4.69) is 32.2 Å². The largest absolute Gasteiger partial charge is 0.465 e. The molecule has 2 N–H and O–H groups in total. The lowest BCUT2D eigenvalue weighted by molar-refractivity contribution is 0.103. The van der Waals surface area contributed by atoms with Gasteiger partial charge in [0, 0.05) is 50.4 Å². The smallest absolute Gasteiger partial charge is 0.407 e. The van der Waals surface area contributed by atoms with Crippen LogP contribution < -0.4 is 0 Å². The first-order valence-electron chi connectivity index (χ1n) is 12.2. The maximum atomic E-state index is 11.2. The van der Waals surface area contributed by atoms with Gasteiger partial charge in [0.1, 0.15) is 11.3 Å². The minimum absolute atomic E-state index is 0.522. The molecular weight excluding hydrogens is 524 g/mol. The molecule has 0 unspecified atom stereocenters. The highest BCUT2D eigenvalue weighted by atomic mass is 35.5. The van der Waals surface area contributed by atoms with E-state index < -0.39 is 6.09 Å². The summed E-state index contributed by atoms with van der Waals surface area (Å²) in [6, 6.07) is 12.0. The van der Waals surface area contributed by atoms with Crippen LogP contribution >= 0.6 is 22.9 Å². The number of amides is 1. The number of carboxylic acid groups (broad SMARTS) is 1. The molecular formula is C26H25ClN8O2S. The second kappa shape index (κ2) is 10.2. The van der Waals surface area contributed by atoms with Crippen LogP contribution in [-0.4, -0.2) is 77.0 Å². The Hall–Kier alpha value is -3.80. The van der Waals surface area contributed by atoms with Gasteiger partial charge in [-0.05, 0) is 42.3 Å². The summed E-state index contributed by atoms with van der Waals surface area (Å²) in [6.45, 7) is 5.22. The molecule has 0 radical (unpaired) electrons. The van der Waals surface area contributed by atoms with Gasteiger partial charge in [0.05, 0.1) is 27.3 Å². The molecule has 10 nitrogen and oxygen atoms in total. The lowest BCUT2D eigenvalue weighted by atomic mass is 10.1. The van der Waals surface area contributed by atoms with Crippen molar-refractivity contribution in [3.05, 3.63) is 76.5 Å². The Balaban J connectivity index is 1.34. The molecule has 0 atom stereocenters. The van der Waals surface area contributed by atoms with Crippen molar-refractivity contribution in [2.24, 2.45) is 0 Å². The Kier molecular flexibility index (Phi) is 6.56.